The van der Waals surface area contributed by atoms with Crippen molar-refractivity contribution in [2.45, 2.75) is 62.3 Å². The van der Waals surface area contributed by atoms with Crippen LogP contribution < -0.4 is 10.6 Å². The van der Waals surface area contributed by atoms with Gasteiger partial charge in [0.15, 0.2) is 5.96 Å². The Morgan fingerprint density at radius 1 is 1.25 bits per heavy atom. The Bertz CT molecular complexity index is 764. The molecule has 2 fully saturated rings. The van der Waals surface area contributed by atoms with Crippen LogP contribution in [0.3, 0.4) is 0 Å². The summed E-state index contributed by atoms with van der Waals surface area (Å²) < 4.78 is 33.4. The zero-order chi connectivity index (χ0) is 20.0. The number of nitrogens with one attached hydrogen (secondary N) is 2. The summed E-state index contributed by atoms with van der Waals surface area (Å²) in [5.41, 5.74) is -0.144. The third kappa shape index (κ3) is 5.46. The van der Waals surface area contributed by atoms with Crippen molar-refractivity contribution in [3.05, 3.63) is 17.0 Å². The van der Waals surface area contributed by atoms with Crippen LogP contribution in [0.1, 0.15) is 50.8 Å². The van der Waals surface area contributed by atoms with Crippen molar-refractivity contribution in [2.75, 3.05) is 32.8 Å². The number of ether oxygens (including phenoxy) is 1. The number of piperidine rings is 1. The van der Waals surface area contributed by atoms with E-state index in [1.54, 1.807) is 10.4 Å². The Hall–Kier alpha value is -1.16. The van der Waals surface area contributed by atoms with Crippen LogP contribution in [0.2, 0.25) is 0 Å². The van der Waals surface area contributed by atoms with Gasteiger partial charge in [0.05, 0.1) is 12.1 Å². The molecule has 158 valence electrons. The highest BCUT2D eigenvalue weighted by Gasteiger charge is 2.30. The predicted octanol–water partition coefficient (Wildman–Crippen LogP) is 2.55. The summed E-state index contributed by atoms with van der Waals surface area (Å²) >= 11 is 1.32. The molecule has 1 unspecified atom stereocenters. The zero-order valence-electron chi connectivity index (χ0n) is 16.9. The van der Waals surface area contributed by atoms with E-state index < -0.39 is 10.0 Å². The van der Waals surface area contributed by atoms with Gasteiger partial charge in [-0.15, -0.1) is 11.3 Å². The van der Waals surface area contributed by atoms with Crippen molar-refractivity contribution in [2.24, 2.45) is 4.99 Å². The summed E-state index contributed by atoms with van der Waals surface area (Å²) in [5.74, 6) is 0.730. The summed E-state index contributed by atoms with van der Waals surface area (Å²) in [5, 5.41) is 6.60. The van der Waals surface area contributed by atoms with E-state index in [2.05, 4.69) is 22.5 Å². The van der Waals surface area contributed by atoms with Crippen LogP contribution >= 0.6 is 11.3 Å². The van der Waals surface area contributed by atoms with Crippen LogP contribution in [0.5, 0.6) is 0 Å². The standard InChI is InChI=1S/C19H32N4O3S2/c1-3-20-18(22-15-19(2)10-7-13-26-19)21-14-16-8-9-17(27-16)28(24,25)23-11-5-4-6-12-23/h8-9H,3-7,10-15H2,1-2H3,(H2,20,21,22). The van der Waals surface area contributed by atoms with Gasteiger partial charge in [-0.05, 0) is 51.7 Å². The van der Waals surface area contributed by atoms with Gasteiger partial charge >= 0.3 is 0 Å². The molecule has 0 radical (unpaired) electrons. The van der Waals surface area contributed by atoms with E-state index in [1.807, 2.05) is 13.0 Å². The molecule has 28 heavy (non-hydrogen) atoms. The van der Waals surface area contributed by atoms with Gasteiger partial charge in [0, 0.05) is 37.7 Å². The van der Waals surface area contributed by atoms with Gasteiger partial charge in [-0.1, -0.05) is 6.42 Å². The summed E-state index contributed by atoms with van der Waals surface area (Å²) in [4.78, 5) is 5.57. The van der Waals surface area contributed by atoms with Gasteiger partial charge in [-0.25, -0.2) is 13.4 Å². The largest absolute Gasteiger partial charge is 0.373 e. The number of sulfonamides is 1. The molecular weight excluding hydrogens is 396 g/mol. The molecule has 1 aromatic heterocycles. The molecular formula is C19H32N4O3S2. The predicted molar refractivity (Wildman–Crippen MR) is 113 cm³/mol. The molecule has 0 amide bonds. The number of hydrogen-bond donors (Lipinski definition) is 2. The summed E-state index contributed by atoms with van der Waals surface area (Å²) in [6, 6.07) is 3.59. The fourth-order valence-corrected chi connectivity index (χ4v) is 6.51. The van der Waals surface area contributed by atoms with Crippen molar-refractivity contribution < 1.29 is 13.2 Å². The lowest BCUT2D eigenvalue weighted by Gasteiger charge is -2.25. The number of guanidine groups is 1. The molecule has 0 spiro atoms. The molecule has 0 saturated carbocycles. The first kappa shape index (κ1) is 21.5. The number of aliphatic imine (C=N–C) groups is 1. The molecule has 2 aliphatic heterocycles. The number of hydrogen-bond acceptors (Lipinski definition) is 5. The van der Waals surface area contributed by atoms with Crippen LogP contribution in [-0.4, -0.2) is 57.1 Å². The first-order chi connectivity index (χ1) is 13.4. The molecule has 0 bridgehead atoms. The fraction of sp³-hybridized carbons (Fsp3) is 0.737. The van der Waals surface area contributed by atoms with Gasteiger partial charge < -0.3 is 15.4 Å². The smallest absolute Gasteiger partial charge is 0.252 e. The second-order valence-electron chi connectivity index (χ2n) is 7.64. The van der Waals surface area contributed by atoms with Crippen LogP contribution in [0.4, 0.5) is 0 Å². The minimum atomic E-state index is -3.36. The Kier molecular flexibility index (Phi) is 7.36. The molecule has 1 atom stereocenters. The summed E-state index contributed by atoms with van der Waals surface area (Å²) in [6.45, 7) is 8.14. The van der Waals surface area contributed by atoms with Crippen molar-refractivity contribution in [3.63, 3.8) is 0 Å². The first-order valence-electron chi connectivity index (χ1n) is 10.2. The normalized spacial score (nSPS) is 24.4. The average Bonchev–Trinajstić information content (AvgIpc) is 3.35. The highest BCUT2D eigenvalue weighted by atomic mass is 32.2. The highest BCUT2D eigenvalue weighted by Crippen LogP contribution is 2.27. The topological polar surface area (TPSA) is 83.0 Å². The number of nitrogens with zero attached hydrogens (tertiary/aromatic N) is 2. The molecule has 2 aliphatic rings. The minimum absolute atomic E-state index is 0.144. The third-order valence-electron chi connectivity index (χ3n) is 5.21. The number of rotatable bonds is 7. The second kappa shape index (κ2) is 9.56. The fourth-order valence-electron chi connectivity index (χ4n) is 3.56. The van der Waals surface area contributed by atoms with Gasteiger partial charge in [0.1, 0.15) is 4.21 Å². The lowest BCUT2D eigenvalue weighted by Crippen LogP contribution is -2.45. The Labute approximate surface area is 172 Å². The van der Waals surface area contributed by atoms with E-state index in [-0.39, 0.29) is 5.60 Å². The molecule has 0 aromatic carbocycles. The van der Waals surface area contributed by atoms with Crippen molar-refractivity contribution in [1.29, 1.82) is 0 Å². The first-order valence-corrected chi connectivity index (χ1v) is 12.4. The molecule has 3 rings (SSSR count). The van der Waals surface area contributed by atoms with E-state index in [0.717, 1.165) is 56.1 Å². The quantitative estimate of drug-likeness (QED) is 0.515. The Morgan fingerprint density at radius 3 is 2.71 bits per heavy atom. The monoisotopic (exact) mass is 428 g/mol. The van der Waals surface area contributed by atoms with Crippen molar-refractivity contribution in [3.8, 4) is 0 Å². The molecule has 1 aromatic rings. The zero-order valence-corrected chi connectivity index (χ0v) is 18.5. The van der Waals surface area contributed by atoms with Gasteiger partial charge in [-0.2, -0.15) is 4.31 Å². The lowest BCUT2D eigenvalue weighted by molar-refractivity contribution is 0.0243. The molecule has 7 nitrogen and oxygen atoms in total. The molecule has 0 aliphatic carbocycles. The van der Waals surface area contributed by atoms with Crippen molar-refractivity contribution in [1.82, 2.24) is 14.9 Å². The average molecular weight is 429 g/mol. The maximum absolute atomic E-state index is 12.8. The second-order valence-corrected chi connectivity index (χ2v) is 11.0. The molecule has 2 saturated heterocycles. The van der Waals surface area contributed by atoms with Crippen LogP contribution in [0.25, 0.3) is 0 Å². The van der Waals surface area contributed by atoms with Crippen LogP contribution in [0, 0.1) is 0 Å². The third-order valence-corrected chi connectivity index (χ3v) is 8.65. The maximum atomic E-state index is 12.8. The summed E-state index contributed by atoms with van der Waals surface area (Å²) in [7, 11) is -3.36. The van der Waals surface area contributed by atoms with E-state index in [0.29, 0.717) is 30.4 Å². The maximum Gasteiger partial charge on any atom is 0.252 e. The van der Waals surface area contributed by atoms with E-state index in [4.69, 9.17) is 4.74 Å². The number of thiophene rings is 1. The van der Waals surface area contributed by atoms with Crippen molar-refractivity contribution >= 4 is 27.3 Å². The van der Waals surface area contributed by atoms with Gasteiger partial charge in [0.2, 0.25) is 0 Å². The van der Waals surface area contributed by atoms with Gasteiger partial charge in [0.25, 0.3) is 10.0 Å². The van der Waals surface area contributed by atoms with Crippen LogP contribution in [-0.2, 0) is 21.3 Å². The van der Waals surface area contributed by atoms with E-state index >= 15 is 0 Å². The molecule has 3 heterocycles. The summed E-state index contributed by atoms with van der Waals surface area (Å²) in [6.07, 6.45) is 5.14. The van der Waals surface area contributed by atoms with E-state index in [9.17, 15) is 8.42 Å². The SMILES string of the molecule is CCNC(=NCc1ccc(S(=O)(=O)N2CCCCC2)s1)NCC1(C)CCCO1. The molecule has 9 heteroatoms. The molecule has 2 N–H and O–H groups in total. The van der Waals surface area contributed by atoms with Gasteiger partial charge in [-0.3, -0.25) is 0 Å². The van der Waals surface area contributed by atoms with Crippen LogP contribution in [0.15, 0.2) is 21.3 Å². The Morgan fingerprint density at radius 2 is 2.04 bits per heavy atom. The highest BCUT2D eigenvalue weighted by molar-refractivity contribution is 7.91. The van der Waals surface area contributed by atoms with E-state index in [1.165, 1.54) is 11.3 Å². The lowest BCUT2D eigenvalue weighted by atomic mass is 10.0. The minimum Gasteiger partial charge on any atom is -0.373 e. The Balaban J connectivity index is 1.61.